The van der Waals surface area contributed by atoms with Gasteiger partial charge >= 0.3 is 12.0 Å². The van der Waals surface area contributed by atoms with Crippen LogP contribution in [0.4, 0.5) is 4.79 Å². The fourth-order valence-electron chi connectivity index (χ4n) is 6.54. The third-order valence-corrected chi connectivity index (χ3v) is 9.00. The van der Waals surface area contributed by atoms with Gasteiger partial charge in [0.25, 0.3) is 5.91 Å². The second-order valence-corrected chi connectivity index (χ2v) is 12.1. The normalized spacial score (nSPS) is 22.2. The number of urea groups is 1. The second kappa shape index (κ2) is 13.5. The standard InChI is InChI=1S/C35H41N3O6/c1-20-16-24(18-23-11-9-15-29(42-4)33(23)43-5)32-26(17-20)31(25-12-6-7-13-28(25)36-32)34(40)44-19-30(39)38-35(41)37-27-14-8-10-21(2)22(27)3/h6-7,9,11-13,15,18,20-22,27H,8,10,14,16-17,19H2,1-5H3,(H2,37,38,39,41)/b24-18+/t20-,21-,22+,27-/m1/s1. The predicted molar refractivity (Wildman–Crippen MR) is 170 cm³/mol. The molecule has 1 saturated carbocycles. The topological polar surface area (TPSA) is 116 Å². The third kappa shape index (κ3) is 6.56. The van der Waals surface area contributed by atoms with Gasteiger partial charge in [0.1, 0.15) is 0 Å². The summed E-state index contributed by atoms with van der Waals surface area (Å²) in [6.07, 6.45) is 6.46. The monoisotopic (exact) mass is 599 g/mol. The maximum Gasteiger partial charge on any atom is 0.339 e. The summed E-state index contributed by atoms with van der Waals surface area (Å²) >= 11 is 0. The van der Waals surface area contributed by atoms with Gasteiger partial charge in [0.05, 0.1) is 31.0 Å². The summed E-state index contributed by atoms with van der Waals surface area (Å²) in [5.41, 5.74) is 4.34. The van der Waals surface area contributed by atoms with E-state index in [-0.39, 0.29) is 12.0 Å². The van der Waals surface area contributed by atoms with Gasteiger partial charge in [-0.3, -0.25) is 10.1 Å². The zero-order valence-electron chi connectivity index (χ0n) is 26.1. The summed E-state index contributed by atoms with van der Waals surface area (Å²) in [4.78, 5) is 43.9. The number of rotatable bonds is 7. The lowest BCUT2D eigenvalue weighted by Crippen LogP contribution is -2.49. The highest BCUT2D eigenvalue weighted by Gasteiger charge is 2.31. The second-order valence-electron chi connectivity index (χ2n) is 12.1. The number of carbonyl (C=O) groups is 3. The average molecular weight is 600 g/mol. The SMILES string of the molecule is COc1cccc(/C=C2\C[C@@H](C)Cc3c2nc2ccccc2c3C(=O)OCC(=O)NC(=O)N[C@@H]2CCC[C@@H](C)[C@@H]2C)c1OC. The van der Waals surface area contributed by atoms with Crippen LogP contribution in [-0.2, 0) is 16.0 Å². The van der Waals surface area contributed by atoms with Crippen molar-refractivity contribution in [2.45, 2.75) is 58.9 Å². The highest BCUT2D eigenvalue weighted by molar-refractivity contribution is 6.07. The zero-order valence-corrected chi connectivity index (χ0v) is 26.1. The summed E-state index contributed by atoms with van der Waals surface area (Å²) in [6, 6.07) is 12.6. The van der Waals surface area contributed by atoms with E-state index in [0.29, 0.717) is 46.2 Å². The van der Waals surface area contributed by atoms with E-state index in [1.165, 1.54) is 0 Å². The van der Waals surface area contributed by atoms with E-state index in [2.05, 4.69) is 31.4 Å². The quantitative estimate of drug-likeness (QED) is 0.312. The molecular formula is C35H41N3O6. The first-order valence-corrected chi connectivity index (χ1v) is 15.3. The van der Waals surface area contributed by atoms with Crippen LogP contribution in [0.15, 0.2) is 42.5 Å². The van der Waals surface area contributed by atoms with E-state index in [4.69, 9.17) is 19.2 Å². The fourth-order valence-corrected chi connectivity index (χ4v) is 6.54. The van der Waals surface area contributed by atoms with Crippen molar-refractivity contribution in [3.8, 4) is 11.5 Å². The molecule has 0 aliphatic heterocycles. The number of ether oxygens (including phenoxy) is 3. The molecule has 0 unspecified atom stereocenters. The number of allylic oxidation sites excluding steroid dienone is 1. The van der Waals surface area contributed by atoms with Gasteiger partial charge in [0.15, 0.2) is 18.1 Å². The Kier molecular flexibility index (Phi) is 9.52. The number of fused-ring (bicyclic) bond motifs is 2. The zero-order chi connectivity index (χ0) is 31.4. The number of hydrogen-bond donors (Lipinski definition) is 2. The molecular weight excluding hydrogens is 558 g/mol. The first kappa shape index (κ1) is 31.0. The summed E-state index contributed by atoms with van der Waals surface area (Å²) in [5.74, 6) is 0.969. The minimum absolute atomic E-state index is 0.00462. The van der Waals surface area contributed by atoms with Crippen LogP contribution in [0, 0.1) is 17.8 Å². The van der Waals surface area contributed by atoms with Gasteiger partial charge in [0, 0.05) is 17.0 Å². The third-order valence-electron chi connectivity index (χ3n) is 9.00. The number of benzene rings is 2. The summed E-state index contributed by atoms with van der Waals surface area (Å²) in [7, 11) is 3.20. The van der Waals surface area contributed by atoms with E-state index in [1.807, 2.05) is 48.5 Å². The maximum absolute atomic E-state index is 13.7. The van der Waals surface area contributed by atoms with Gasteiger partial charge in [-0.05, 0) is 66.4 Å². The molecule has 0 spiro atoms. The Morgan fingerprint density at radius 1 is 0.977 bits per heavy atom. The molecule has 232 valence electrons. The molecule has 3 aromatic rings. The molecule has 0 saturated heterocycles. The molecule has 1 heterocycles. The Morgan fingerprint density at radius 3 is 2.55 bits per heavy atom. The lowest BCUT2D eigenvalue weighted by atomic mass is 9.78. The van der Waals surface area contributed by atoms with Crippen LogP contribution >= 0.6 is 0 Å². The lowest BCUT2D eigenvalue weighted by Gasteiger charge is -2.34. The molecule has 3 amide bonds. The van der Waals surface area contributed by atoms with Crippen LogP contribution in [0.25, 0.3) is 22.6 Å². The molecule has 4 atom stereocenters. The van der Waals surface area contributed by atoms with E-state index < -0.39 is 24.5 Å². The maximum atomic E-state index is 13.7. The van der Waals surface area contributed by atoms with Crippen molar-refractivity contribution < 1.29 is 28.6 Å². The van der Waals surface area contributed by atoms with Crippen molar-refractivity contribution in [3.63, 3.8) is 0 Å². The number of esters is 1. The average Bonchev–Trinajstić information content (AvgIpc) is 3.01. The van der Waals surface area contributed by atoms with Gasteiger partial charge in [-0.15, -0.1) is 0 Å². The summed E-state index contributed by atoms with van der Waals surface area (Å²) in [6.45, 7) is 5.85. The van der Waals surface area contributed by atoms with Crippen molar-refractivity contribution >= 4 is 40.5 Å². The number of aromatic nitrogens is 1. The number of imide groups is 1. The van der Waals surface area contributed by atoms with Crippen LogP contribution in [0.5, 0.6) is 11.5 Å². The van der Waals surface area contributed by atoms with E-state index >= 15 is 0 Å². The number of nitrogens with one attached hydrogen (secondary N) is 2. The summed E-state index contributed by atoms with van der Waals surface area (Å²) < 4.78 is 16.7. The molecule has 0 bridgehead atoms. The first-order chi connectivity index (χ1) is 21.2. The largest absolute Gasteiger partial charge is 0.493 e. The van der Waals surface area contributed by atoms with E-state index in [0.717, 1.165) is 48.1 Å². The molecule has 9 heteroatoms. The van der Waals surface area contributed by atoms with E-state index in [9.17, 15) is 14.4 Å². The molecule has 1 fully saturated rings. The van der Waals surface area contributed by atoms with E-state index in [1.54, 1.807) is 14.2 Å². The van der Waals surface area contributed by atoms with Crippen molar-refractivity contribution in [3.05, 3.63) is 64.8 Å². The van der Waals surface area contributed by atoms with Gasteiger partial charge < -0.3 is 19.5 Å². The van der Waals surface area contributed by atoms with Gasteiger partial charge in [0.2, 0.25) is 0 Å². The summed E-state index contributed by atoms with van der Waals surface area (Å²) in [5, 5.41) is 5.89. The number of carbonyl (C=O) groups excluding carboxylic acids is 3. The minimum atomic E-state index is -0.682. The number of para-hydroxylation sites is 2. The number of methoxy groups -OCH3 is 2. The number of pyridine rings is 1. The number of nitrogens with zero attached hydrogens (tertiary/aromatic N) is 1. The van der Waals surface area contributed by atoms with Crippen LogP contribution in [0.1, 0.15) is 73.6 Å². The molecule has 2 aliphatic carbocycles. The molecule has 5 rings (SSSR count). The van der Waals surface area contributed by atoms with Crippen molar-refractivity contribution in [2.24, 2.45) is 17.8 Å². The predicted octanol–water partition coefficient (Wildman–Crippen LogP) is 6.18. The highest BCUT2D eigenvalue weighted by atomic mass is 16.5. The van der Waals surface area contributed by atoms with Crippen molar-refractivity contribution in [1.82, 2.24) is 15.6 Å². The lowest BCUT2D eigenvalue weighted by molar-refractivity contribution is -0.123. The Morgan fingerprint density at radius 2 is 1.77 bits per heavy atom. The van der Waals surface area contributed by atoms with Crippen LogP contribution < -0.4 is 20.1 Å². The minimum Gasteiger partial charge on any atom is -0.493 e. The van der Waals surface area contributed by atoms with Gasteiger partial charge in [-0.1, -0.05) is 63.9 Å². The molecule has 2 aliphatic rings. The molecule has 2 aromatic carbocycles. The Balaban J connectivity index is 1.40. The number of amides is 3. The van der Waals surface area contributed by atoms with Gasteiger partial charge in [-0.25, -0.2) is 14.6 Å². The molecule has 44 heavy (non-hydrogen) atoms. The van der Waals surface area contributed by atoms with Gasteiger partial charge in [-0.2, -0.15) is 0 Å². The molecule has 2 N–H and O–H groups in total. The molecule has 9 nitrogen and oxygen atoms in total. The van der Waals surface area contributed by atoms with Crippen LogP contribution in [-0.4, -0.2) is 49.8 Å². The number of hydrogen-bond acceptors (Lipinski definition) is 7. The molecule has 1 aromatic heterocycles. The van der Waals surface area contributed by atoms with Crippen molar-refractivity contribution in [2.75, 3.05) is 20.8 Å². The van der Waals surface area contributed by atoms with Crippen molar-refractivity contribution in [1.29, 1.82) is 0 Å². The Hall–Kier alpha value is -4.40. The van der Waals surface area contributed by atoms with Crippen LogP contribution in [0.3, 0.4) is 0 Å². The Bertz CT molecular complexity index is 1600. The smallest absolute Gasteiger partial charge is 0.339 e. The first-order valence-electron chi connectivity index (χ1n) is 15.3. The highest BCUT2D eigenvalue weighted by Crippen LogP contribution is 2.41. The fraction of sp³-hybridized carbons (Fsp3) is 0.429. The molecule has 0 radical (unpaired) electrons. The Labute approximate surface area is 258 Å². The van der Waals surface area contributed by atoms with Crippen LogP contribution in [0.2, 0.25) is 0 Å².